The average molecular weight is 339 g/mol. The second-order valence-electron chi connectivity index (χ2n) is 4.49. The van der Waals surface area contributed by atoms with E-state index in [9.17, 15) is 4.79 Å². The number of hydrogen-bond donors (Lipinski definition) is 0. The van der Waals surface area contributed by atoms with Crippen molar-refractivity contribution in [1.82, 2.24) is 0 Å². The summed E-state index contributed by atoms with van der Waals surface area (Å²) in [5.41, 5.74) is 2.21. The molecule has 0 atom stereocenters. The summed E-state index contributed by atoms with van der Waals surface area (Å²) in [5, 5.41) is 0. The minimum absolute atomic E-state index is 0.0244. The van der Waals surface area contributed by atoms with Gasteiger partial charge in [0, 0.05) is 9.35 Å². The standard InChI is InChI=1S/C15H15BrO2S/c1-9-6-12(7-10(2)15(9)16)18-8-13(17)14-5-4-11(3)19-14/h4-7H,8H2,1-3H3. The van der Waals surface area contributed by atoms with Crippen molar-refractivity contribution in [3.63, 3.8) is 0 Å². The second-order valence-corrected chi connectivity index (χ2v) is 6.57. The maximum absolute atomic E-state index is 11.9. The minimum atomic E-state index is 0.0244. The highest BCUT2D eigenvalue weighted by Crippen LogP contribution is 2.26. The molecule has 0 bridgehead atoms. The van der Waals surface area contributed by atoms with Crippen LogP contribution in [-0.4, -0.2) is 12.4 Å². The van der Waals surface area contributed by atoms with Gasteiger partial charge in [0.05, 0.1) is 4.88 Å². The molecule has 0 N–H and O–H groups in total. The van der Waals surface area contributed by atoms with Gasteiger partial charge in [-0.15, -0.1) is 11.3 Å². The van der Waals surface area contributed by atoms with Gasteiger partial charge in [-0.1, -0.05) is 15.9 Å². The number of ether oxygens (including phenoxy) is 1. The predicted molar refractivity (Wildman–Crippen MR) is 82.5 cm³/mol. The number of rotatable bonds is 4. The topological polar surface area (TPSA) is 26.3 Å². The fourth-order valence-corrected chi connectivity index (χ4v) is 2.81. The third-order valence-corrected chi connectivity index (χ3v) is 5.09. The van der Waals surface area contributed by atoms with Gasteiger partial charge in [-0.2, -0.15) is 0 Å². The van der Waals surface area contributed by atoms with Crippen LogP contribution in [-0.2, 0) is 0 Å². The van der Waals surface area contributed by atoms with E-state index in [0.29, 0.717) is 0 Å². The van der Waals surface area contributed by atoms with Gasteiger partial charge in [-0.3, -0.25) is 4.79 Å². The molecular formula is C15H15BrO2S. The van der Waals surface area contributed by atoms with Gasteiger partial charge in [0.2, 0.25) is 5.78 Å². The molecule has 4 heteroatoms. The Kier molecular flexibility index (Phi) is 4.42. The van der Waals surface area contributed by atoms with Crippen LogP contribution in [0.2, 0.25) is 0 Å². The summed E-state index contributed by atoms with van der Waals surface area (Å²) < 4.78 is 6.67. The van der Waals surface area contributed by atoms with Gasteiger partial charge in [0.1, 0.15) is 5.75 Å². The molecule has 2 rings (SSSR count). The Labute approximate surface area is 125 Å². The first-order chi connectivity index (χ1) is 8.97. The first-order valence-electron chi connectivity index (χ1n) is 5.96. The van der Waals surface area contributed by atoms with Crippen LogP contribution in [0.3, 0.4) is 0 Å². The minimum Gasteiger partial charge on any atom is -0.485 e. The smallest absolute Gasteiger partial charge is 0.210 e. The highest BCUT2D eigenvalue weighted by molar-refractivity contribution is 9.10. The fourth-order valence-electron chi connectivity index (χ4n) is 1.79. The maximum Gasteiger partial charge on any atom is 0.210 e. The highest BCUT2D eigenvalue weighted by atomic mass is 79.9. The zero-order valence-electron chi connectivity index (χ0n) is 11.1. The van der Waals surface area contributed by atoms with Gasteiger partial charge in [0.25, 0.3) is 0 Å². The van der Waals surface area contributed by atoms with Gasteiger partial charge in [-0.05, 0) is 56.2 Å². The van der Waals surface area contributed by atoms with Crippen LogP contribution >= 0.6 is 27.3 Å². The van der Waals surface area contributed by atoms with Crippen molar-refractivity contribution in [2.24, 2.45) is 0 Å². The fraction of sp³-hybridized carbons (Fsp3) is 0.267. The van der Waals surface area contributed by atoms with Crippen molar-refractivity contribution >= 4 is 33.0 Å². The quantitative estimate of drug-likeness (QED) is 0.755. The van der Waals surface area contributed by atoms with E-state index < -0.39 is 0 Å². The van der Waals surface area contributed by atoms with Crippen LogP contribution < -0.4 is 4.74 Å². The van der Waals surface area contributed by atoms with Gasteiger partial charge in [-0.25, -0.2) is 0 Å². The van der Waals surface area contributed by atoms with Crippen molar-refractivity contribution in [1.29, 1.82) is 0 Å². The predicted octanol–water partition coefficient (Wildman–Crippen LogP) is 4.70. The number of benzene rings is 1. The van der Waals surface area contributed by atoms with Crippen LogP contribution in [0.15, 0.2) is 28.7 Å². The number of carbonyl (C=O) groups excluding carboxylic acids is 1. The molecule has 1 aromatic carbocycles. The number of hydrogen-bond acceptors (Lipinski definition) is 3. The van der Waals surface area contributed by atoms with Crippen molar-refractivity contribution in [2.45, 2.75) is 20.8 Å². The molecule has 0 amide bonds. The molecule has 0 aliphatic heterocycles. The monoisotopic (exact) mass is 338 g/mol. The van der Waals surface area contributed by atoms with E-state index in [4.69, 9.17) is 4.74 Å². The number of ketones is 1. The van der Waals surface area contributed by atoms with Crippen molar-refractivity contribution < 1.29 is 9.53 Å². The van der Waals surface area contributed by atoms with Crippen LogP contribution in [0.5, 0.6) is 5.75 Å². The highest BCUT2D eigenvalue weighted by Gasteiger charge is 2.10. The summed E-state index contributed by atoms with van der Waals surface area (Å²) in [4.78, 5) is 13.8. The van der Waals surface area contributed by atoms with E-state index in [1.54, 1.807) is 0 Å². The van der Waals surface area contributed by atoms with E-state index in [2.05, 4.69) is 15.9 Å². The van der Waals surface area contributed by atoms with E-state index >= 15 is 0 Å². The van der Waals surface area contributed by atoms with Crippen LogP contribution in [0.1, 0.15) is 25.7 Å². The summed E-state index contributed by atoms with van der Waals surface area (Å²) in [6.45, 7) is 6.09. The first kappa shape index (κ1) is 14.3. The molecule has 0 saturated carbocycles. The van der Waals surface area contributed by atoms with E-state index in [1.165, 1.54) is 11.3 Å². The summed E-state index contributed by atoms with van der Waals surface area (Å²) in [6.07, 6.45) is 0. The lowest BCUT2D eigenvalue weighted by atomic mass is 10.1. The maximum atomic E-state index is 11.9. The summed E-state index contributed by atoms with van der Waals surface area (Å²) in [6, 6.07) is 7.67. The zero-order valence-corrected chi connectivity index (χ0v) is 13.5. The van der Waals surface area contributed by atoms with Crippen LogP contribution in [0.4, 0.5) is 0 Å². The van der Waals surface area contributed by atoms with Gasteiger partial charge in [0.15, 0.2) is 6.61 Å². The molecule has 2 aromatic rings. The molecule has 0 radical (unpaired) electrons. The van der Waals surface area contributed by atoms with Crippen molar-refractivity contribution in [3.05, 3.63) is 49.6 Å². The molecule has 0 spiro atoms. The Bertz CT molecular complexity index is 593. The lowest BCUT2D eigenvalue weighted by molar-refractivity contribution is 0.0925. The third-order valence-electron chi connectivity index (χ3n) is 2.80. The number of aryl methyl sites for hydroxylation is 3. The van der Waals surface area contributed by atoms with E-state index in [-0.39, 0.29) is 12.4 Å². The Morgan fingerprint density at radius 2 is 1.84 bits per heavy atom. The third kappa shape index (κ3) is 3.45. The lowest BCUT2D eigenvalue weighted by Crippen LogP contribution is -2.10. The molecule has 0 fully saturated rings. The normalized spacial score (nSPS) is 10.5. The number of halogens is 1. The summed E-state index contributed by atoms with van der Waals surface area (Å²) in [5.74, 6) is 0.760. The van der Waals surface area contributed by atoms with Gasteiger partial charge < -0.3 is 4.74 Å². The van der Waals surface area contributed by atoms with Gasteiger partial charge >= 0.3 is 0 Å². The largest absolute Gasteiger partial charge is 0.485 e. The van der Waals surface area contributed by atoms with E-state index in [0.717, 1.165) is 31.1 Å². The molecule has 0 unspecified atom stereocenters. The Morgan fingerprint density at radius 3 is 2.37 bits per heavy atom. The first-order valence-corrected chi connectivity index (χ1v) is 7.57. The second kappa shape index (κ2) is 5.88. The molecule has 0 aliphatic rings. The molecular weight excluding hydrogens is 324 g/mol. The van der Waals surface area contributed by atoms with Crippen molar-refractivity contribution in [3.8, 4) is 5.75 Å². The molecule has 0 saturated heterocycles. The van der Waals surface area contributed by atoms with Crippen LogP contribution in [0, 0.1) is 20.8 Å². The number of thiophene rings is 1. The zero-order chi connectivity index (χ0) is 14.0. The number of Topliss-reactive ketones (excluding diaryl/α,β-unsaturated/α-hetero) is 1. The SMILES string of the molecule is Cc1ccc(C(=O)COc2cc(C)c(Br)c(C)c2)s1. The van der Waals surface area contributed by atoms with Crippen LogP contribution in [0.25, 0.3) is 0 Å². The average Bonchev–Trinajstić information content (AvgIpc) is 2.79. The molecule has 1 heterocycles. The Balaban J connectivity index is 2.05. The molecule has 0 aliphatic carbocycles. The number of carbonyl (C=O) groups is 1. The molecule has 100 valence electrons. The lowest BCUT2D eigenvalue weighted by Gasteiger charge is -2.09. The molecule has 1 aromatic heterocycles. The summed E-state index contributed by atoms with van der Waals surface area (Å²) in [7, 11) is 0. The molecule has 19 heavy (non-hydrogen) atoms. The summed E-state index contributed by atoms with van der Waals surface area (Å²) >= 11 is 5.01. The Morgan fingerprint density at radius 1 is 1.21 bits per heavy atom. The molecule has 2 nitrogen and oxygen atoms in total. The Hall–Kier alpha value is -1.13. The van der Waals surface area contributed by atoms with Crippen molar-refractivity contribution in [2.75, 3.05) is 6.61 Å². The van der Waals surface area contributed by atoms with E-state index in [1.807, 2.05) is 45.0 Å².